The molecule has 1 aromatic heterocycles. The minimum absolute atomic E-state index is 0.0701. The Kier molecular flexibility index (Phi) is 3.65. The third kappa shape index (κ3) is 2.64. The molecule has 1 aromatic carbocycles. The maximum absolute atomic E-state index is 13.2. The van der Waals surface area contributed by atoms with Gasteiger partial charge in [0.2, 0.25) is 0 Å². The fourth-order valence-corrected chi connectivity index (χ4v) is 4.15. The Morgan fingerprint density at radius 3 is 2.62 bits per heavy atom. The molecule has 21 heavy (non-hydrogen) atoms. The highest BCUT2D eigenvalue weighted by Gasteiger charge is 2.36. The van der Waals surface area contributed by atoms with Gasteiger partial charge in [0.15, 0.2) is 0 Å². The van der Waals surface area contributed by atoms with E-state index in [2.05, 4.69) is 15.9 Å². The smallest absolute Gasteiger partial charge is 0.266 e. The van der Waals surface area contributed by atoms with E-state index in [0.29, 0.717) is 10.6 Å². The predicted molar refractivity (Wildman–Crippen MR) is 84.0 cm³/mol. The lowest BCUT2D eigenvalue weighted by molar-refractivity contribution is -0.0493. The topological polar surface area (TPSA) is 46.3 Å². The predicted octanol–water partition coefficient (Wildman–Crippen LogP) is 4.12. The van der Waals surface area contributed by atoms with E-state index < -0.39 is 5.92 Å². The number of piperidine rings is 1. The van der Waals surface area contributed by atoms with Crippen molar-refractivity contribution in [2.24, 2.45) is 0 Å². The first-order valence-electron chi connectivity index (χ1n) is 6.53. The first kappa shape index (κ1) is 14.7. The van der Waals surface area contributed by atoms with Gasteiger partial charge in [-0.2, -0.15) is 0 Å². The van der Waals surface area contributed by atoms with Crippen molar-refractivity contribution in [1.82, 2.24) is 4.90 Å². The molecule has 0 aliphatic carbocycles. The number of anilines is 1. The number of benzene rings is 1. The molecule has 2 heterocycles. The number of rotatable bonds is 1. The summed E-state index contributed by atoms with van der Waals surface area (Å²) in [5.74, 6) is -2.91. The molecule has 1 aliphatic heterocycles. The van der Waals surface area contributed by atoms with E-state index in [0.717, 1.165) is 14.6 Å². The Bertz CT molecular complexity index is 706. The lowest BCUT2D eigenvalue weighted by atomic mass is 10.1. The van der Waals surface area contributed by atoms with Crippen LogP contribution in [0.1, 0.15) is 22.5 Å². The molecule has 3 nitrogen and oxygen atoms in total. The third-order valence-corrected chi connectivity index (χ3v) is 5.85. The van der Waals surface area contributed by atoms with E-state index in [9.17, 15) is 13.6 Å². The number of nitrogens with two attached hydrogens (primary N) is 1. The quantitative estimate of drug-likeness (QED) is 0.815. The van der Waals surface area contributed by atoms with Crippen molar-refractivity contribution in [3.8, 4) is 0 Å². The van der Waals surface area contributed by atoms with Gasteiger partial charge in [-0.25, -0.2) is 8.78 Å². The van der Waals surface area contributed by atoms with E-state index in [1.807, 2.05) is 18.2 Å². The van der Waals surface area contributed by atoms with Gasteiger partial charge in [0.1, 0.15) is 4.88 Å². The molecule has 1 saturated heterocycles. The Morgan fingerprint density at radius 1 is 1.33 bits per heavy atom. The molecule has 1 aliphatic rings. The van der Waals surface area contributed by atoms with Crippen LogP contribution in [0.15, 0.2) is 22.7 Å². The molecular weight excluding hydrogens is 362 g/mol. The van der Waals surface area contributed by atoms with Crippen molar-refractivity contribution in [1.29, 1.82) is 0 Å². The van der Waals surface area contributed by atoms with Crippen LogP contribution in [0, 0.1) is 0 Å². The average molecular weight is 375 g/mol. The van der Waals surface area contributed by atoms with Crippen LogP contribution < -0.4 is 5.73 Å². The number of amides is 1. The van der Waals surface area contributed by atoms with Gasteiger partial charge in [0.05, 0.1) is 10.4 Å². The minimum Gasteiger partial charge on any atom is -0.397 e. The monoisotopic (exact) mass is 374 g/mol. The Hall–Kier alpha value is -1.21. The van der Waals surface area contributed by atoms with Crippen LogP contribution in [0.2, 0.25) is 0 Å². The van der Waals surface area contributed by atoms with E-state index in [-0.39, 0.29) is 31.8 Å². The number of halogens is 3. The summed E-state index contributed by atoms with van der Waals surface area (Å²) in [5.41, 5.74) is 6.49. The zero-order valence-electron chi connectivity index (χ0n) is 11.0. The molecule has 0 atom stereocenters. The van der Waals surface area contributed by atoms with Gasteiger partial charge < -0.3 is 10.6 Å². The summed E-state index contributed by atoms with van der Waals surface area (Å²) in [6, 6.07) is 5.59. The second kappa shape index (κ2) is 5.21. The number of fused-ring (bicyclic) bond motifs is 1. The lowest BCUT2D eigenvalue weighted by Crippen LogP contribution is -2.42. The molecule has 7 heteroatoms. The fourth-order valence-electron chi connectivity index (χ4n) is 2.44. The van der Waals surface area contributed by atoms with Crippen LogP contribution in [0.4, 0.5) is 14.5 Å². The molecular formula is C14H13BrF2N2OS. The van der Waals surface area contributed by atoms with Crippen molar-refractivity contribution >= 4 is 48.9 Å². The summed E-state index contributed by atoms with van der Waals surface area (Å²) in [5, 5.41) is 0.820. The van der Waals surface area contributed by atoms with Gasteiger partial charge in [-0.3, -0.25) is 4.79 Å². The highest BCUT2D eigenvalue weighted by molar-refractivity contribution is 9.10. The summed E-state index contributed by atoms with van der Waals surface area (Å²) in [4.78, 5) is 14.4. The van der Waals surface area contributed by atoms with Gasteiger partial charge >= 0.3 is 0 Å². The van der Waals surface area contributed by atoms with Crippen molar-refractivity contribution < 1.29 is 13.6 Å². The molecule has 112 valence electrons. The normalized spacial score (nSPS) is 18.1. The SMILES string of the molecule is Nc1c(C(=O)N2CCC(F)(F)CC2)sc2c(Br)cccc12. The highest BCUT2D eigenvalue weighted by Crippen LogP contribution is 2.39. The molecule has 0 unspecified atom stereocenters. The number of hydrogen-bond acceptors (Lipinski definition) is 3. The van der Waals surface area contributed by atoms with E-state index >= 15 is 0 Å². The summed E-state index contributed by atoms with van der Waals surface area (Å²) in [7, 11) is 0. The molecule has 0 spiro atoms. The second-order valence-electron chi connectivity index (χ2n) is 5.11. The summed E-state index contributed by atoms with van der Waals surface area (Å²) >= 11 is 4.74. The summed E-state index contributed by atoms with van der Waals surface area (Å²) in [6.07, 6.45) is -0.569. The van der Waals surface area contributed by atoms with Gasteiger partial charge in [-0.05, 0) is 22.0 Å². The van der Waals surface area contributed by atoms with Crippen molar-refractivity contribution in [2.45, 2.75) is 18.8 Å². The molecule has 2 aromatic rings. The third-order valence-electron chi connectivity index (χ3n) is 3.68. The molecule has 0 bridgehead atoms. The average Bonchev–Trinajstić information content (AvgIpc) is 2.77. The Balaban J connectivity index is 1.92. The van der Waals surface area contributed by atoms with E-state index in [1.165, 1.54) is 16.2 Å². The lowest BCUT2D eigenvalue weighted by Gasteiger charge is -2.31. The molecule has 0 radical (unpaired) electrons. The summed E-state index contributed by atoms with van der Waals surface area (Å²) < 4.78 is 28.1. The number of alkyl halides is 2. The zero-order valence-corrected chi connectivity index (χ0v) is 13.4. The molecule has 1 fully saturated rings. The van der Waals surface area contributed by atoms with Crippen molar-refractivity contribution in [2.75, 3.05) is 18.8 Å². The number of carbonyl (C=O) groups excluding carboxylic acids is 1. The van der Waals surface area contributed by atoms with E-state index in [1.54, 1.807) is 0 Å². The van der Waals surface area contributed by atoms with Gasteiger partial charge in [0.25, 0.3) is 11.8 Å². The van der Waals surface area contributed by atoms with Gasteiger partial charge in [0, 0.05) is 35.8 Å². The van der Waals surface area contributed by atoms with Gasteiger partial charge in [-0.15, -0.1) is 11.3 Å². The van der Waals surface area contributed by atoms with Crippen LogP contribution in [0.3, 0.4) is 0 Å². The standard InChI is InChI=1S/C14H13BrF2N2OS/c15-9-3-1-2-8-10(18)12(21-11(8)9)13(20)19-6-4-14(16,17)5-7-19/h1-3H,4-7,18H2. The first-order chi connectivity index (χ1) is 9.89. The minimum atomic E-state index is -2.66. The number of nitrogens with zero attached hydrogens (tertiary/aromatic N) is 1. The molecule has 0 saturated carbocycles. The number of carbonyl (C=O) groups is 1. The van der Waals surface area contributed by atoms with Crippen molar-refractivity contribution in [3.63, 3.8) is 0 Å². The van der Waals surface area contributed by atoms with Crippen LogP contribution in [-0.2, 0) is 0 Å². The molecule has 3 rings (SSSR count). The first-order valence-corrected chi connectivity index (χ1v) is 8.13. The fraction of sp³-hybridized carbons (Fsp3) is 0.357. The maximum atomic E-state index is 13.2. The number of hydrogen-bond donors (Lipinski definition) is 1. The van der Waals surface area contributed by atoms with Crippen molar-refractivity contribution in [3.05, 3.63) is 27.5 Å². The highest BCUT2D eigenvalue weighted by atomic mass is 79.9. The van der Waals surface area contributed by atoms with Crippen LogP contribution >= 0.6 is 27.3 Å². The van der Waals surface area contributed by atoms with E-state index in [4.69, 9.17) is 5.73 Å². The van der Waals surface area contributed by atoms with Crippen LogP contribution in [-0.4, -0.2) is 29.8 Å². The zero-order chi connectivity index (χ0) is 15.2. The number of nitrogen functional groups attached to an aromatic ring is 1. The Labute approximate surface area is 132 Å². The molecule has 2 N–H and O–H groups in total. The largest absolute Gasteiger partial charge is 0.397 e. The van der Waals surface area contributed by atoms with Crippen LogP contribution in [0.5, 0.6) is 0 Å². The number of likely N-dealkylation sites (tertiary alicyclic amines) is 1. The molecule has 1 amide bonds. The Morgan fingerprint density at radius 2 is 2.00 bits per heavy atom. The van der Waals surface area contributed by atoms with Crippen LogP contribution in [0.25, 0.3) is 10.1 Å². The summed E-state index contributed by atoms with van der Waals surface area (Å²) in [6.45, 7) is 0.140. The second-order valence-corrected chi connectivity index (χ2v) is 6.98. The number of thiophene rings is 1. The van der Waals surface area contributed by atoms with Gasteiger partial charge in [-0.1, -0.05) is 12.1 Å². The maximum Gasteiger partial charge on any atom is 0.266 e.